The van der Waals surface area contributed by atoms with Crippen molar-refractivity contribution in [3.63, 3.8) is 0 Å². The predicted octanol–water partition coefficient (Wildman–Crippen LogP) is 3.38. The minimum atomic E-state index is -0.735. The van der Waals surface area contributed by atoms with Crippen LogP contribution >= 0.6 is 11.6 Å². The predicted molar refractivity (Wildman–Crippen MR) is 89.6 cm³/mol. The molecule has 0 bridgehead atoms. The van der Waals surface area contributed by atoms with Crippen LogP contribution < -0.4 is 14.8 Å². The van der Waals surface area contributed by atoms with Gasteiger partial charge in [0.05, 0.1) is 30.3 Å². The summed E-state index contributed by atoms with van der Waals surface area (Å²) in [5, 5.41) is 12.7. The number of hydrogen-bond donors (Lipinski definition) is 2. The summed E-state index contributed by atoms with van der Waals surface area (Å²) in [6.07, 6.45) is -0.735. The summed E-state index contributed by atoms with van der Waals surface area (Å²) in [6.45, 7) is 0.200. The molecule has 1 aliphatic heterocycles. The van der Waals surface area contributed by atoms with Crippen LogP contribution in [0, 0.1) is 0 Å². The van der Waals surface area contributed by atoms with Gasteiger partial charge in [0.15, 0.2) is 23.0 Å². The van der Waals surface area contributed by atoms with E-state index >= 15 is 0 Å². The Bertz CT molecular complexity index is 765. The first-order chi connectivity index (χ1) is 11.6. The molecule has 24 heavy (non-hydrogen) atoms. The highest BCUT2D eigenvalue weighted by Crippen LogP contribution is 2.49. The van der Waals surface area contributed by atoms with Gasteiger partial charge in [-0.05, 0) is 24.3 Å². The normalized spacial score (nSPS) is 13.0. The fourth-order valence-electron chi connectivity index (χ4n) is 2.28. The Balaban J connectivity index is 1.99. The SMILES string of the molecule is COC(=O)c1cc(NCC(O)CCl)c2c(c1)Oc1ccccc1O2. The molecule has 7 heteroatoms. The van der Waals surface area contributed by atoms with Crippen molar-refractivity contribution in [1.82, 2.24) is 0 Å². The Morgan fingerprint density at radius 2 is 1.96 bits per heavy atom. The Hall–Kier alpha value is -2.44. The number of anilines is 1. The number of carbonyl (C=O) groups excluding carboxylic acids is 1. The molecule has 0 amide bonds. The second kappa shape index (κ2) is 6.98. The highest BCUT2D eigenvalue weighted by molar-refractivity contribution is 6.18. The van der Waals surface area contributed by atoms with Crippen molar-refractivity contribution in [2.24, 2.45) is 0 Å². The van der Waals surface area contributed by atoms with Gasteiger partial charge < -0.3 is 24.6 Å². The largest absolute Gasteiger partial charge is 0.465 e. The van der Waals surface area contributed by atoms with E-state index in [1.165, 1.54) is 7.11 Å². The van der Waals surface area contributed by atoms with Crippen LogP contribution in [0.5, 0.6) is 23.0 Å². The third-order valence-corrected chi connectivity index (χ3v) is 3.82. The molecule has 2 N–H and O–H groups in total. The maximum absolute atomic E-state index is 11.9. The van der Waals surface area contributed by atoms with Gasteiger partial charge in [0.1, 0.15) is 0 Å². The zero-order valence-electron chi connectivity index (χ0n) is 12.9. The molecule has 6 nitrogen and oxygen atoms in total. The molecule has 0 saturated carbocycles. The first-order valence-electron chi connectivity index (χ1n) is 7.31. The van der Waals surface area contributed by atoms with Crippen LogP contribution in [-0.2, 0) is 4.74 Å². The molecule has 0 aliphatic carbocycles. The molecule has 0 saturated heterocycles. The molecule has 1 heterocycles. The van der Waals surface area contributed by atoms with E-state index in [1.54, 1.807) is 24.3 Å². The maximum atomic E-state index is 11.9. The van der Waals surface area contributed by atoms with Crippen LogP contribution in [0.25, 0.3) is 0 Å². The fourth-order valence-corrected chi connectivity index (χ4v) is 2.39. The summed E-state index contributed by atoms with van der Waals surface area (Å²) in [4.78, 5) is 11.9. The summed E-state index contributed by atoms with van der Waals surface area (Å²) in [6, 6.07) is 10.4. The topological polar surface area (TPSA) is 77.0 Å². The lowest BCUT2D eigenvalue weighted by Gasteiger charge is -2.24. The first-order valence-corrected chi connectivity index (χ1v) is 7.85. The monoisotopic (exact) mass is 349 g/mol. The smallest absolute Gasteiger partial charge is 0.338 e. The lowest BCUT2D eigenvalue weighted by molar-refractivity contribution is 0.0600. The minimum Gasteiger partial charge on any atom is -0.465 e. The molecule has 1 unspecified atom stereocenters. The number of benzene rings is 2. The van der Waals surface area contributed by atoms with Gasteiger partial charge in [-0.15, -0.1) is 11.6 Å². The van der Waals surface area contributed by atoms with Crippen LogP contribution in [0.4, 0.5) is 5.69 Å². The second-order valence-electron chi connectivity index (χ2n) is 5.18. The van der Waals surface area contributed by atoms with E-state index in [-0.39, 0.29) is 12.4 Å². The van der Waals surface area contributed by atoms with Crippen molar-refractivity contribution in [3.05, 3.63) is 42.0 Å². The molecular weight excluding hydrogens is 334 g/mol. The number of hydrogen-bond acceptors (Lipinski definition) is 6. The van der Waals surface area contributed by atoms with Gasteiger partial charge >= 0.3 is 5.97 Å². The molecule has 0 radical (unpaired) electrons. The molecule has 1 atom stereocenters. The molecule has 0 spiro atoms. The zero-order chi connectivity index (χ0) is 17.1. The summed E-state index contributed by atoms with van der Waals surface area (Å²) >= 11 is 5.61. The van der Waals surface area contributed by atoms with Crippen LogP contribution in [0.15, 0.2) is 36.4 Å². The zero-order valence-corrected chi connectivity index (χ0v) is 13.7. The lowest BCUT2D eigenvalue weighted by Crippen LogP contribution is -2.21. The van der Waals surface area contributed by atoms with E-state index in [2.05, 4.69) is 5.32 Å². The van der Waals surface area contributed by atoms with E-state index in [9.17, 15) is 9.90 Å². The van der Waals surface area contributed by atoms with Gasteiger partial charge in [-0.25, -0.2) is 4.79 Å². The van der Waals surface area contributed by atoms with Gasteiger partial charge in [0, 0.05) is 6.54 Å². The quantitative estimate of drug-likeness (QED) is 0.543. The van der Waals surface area contributed by atoms with Crippen molar-refractivity contribution in [3.8, 4) is 23.0 Å². The molecule has 0 aromatic heterocycles. The van der Waals surface area contributed by atoms with Gasteiger partial charge in [-0.2, -0.15) is 0 Å². The highest BCUT2D eigenvalue weighted by Gasteiger charge is 2.24. The lowest BCUT2D eigenvalue weighted by atomic mass is 10.1. The molecule has 2 aromatic rings. The third-order valence-electron chi connectivity index (χ3n) is 3.46. The van der Waals surface area contributed by atoms with Gasteiger partial charge in [0.2, 0.25) is 0 Å². The summed E-state index contributed by atoms with van der Waals surface area (Å²) in [5.74, 6) is 1.53. The minimum absolute atomic E-state index is 0.0894. The number of carbonyl (C=O) groups is 1. The highest BCUT2D eigenvalue weighted by atomic mass is 35.5. The number of ether oxygens (including phenoxy) is 3. The van der Waals surface area contributed by atoms with Crippen LogP contribution in [0.1, 0.15) is 10.4 Å². The molecule has 0 fully saturated rings. The third kappa shape index (κ3) is 3.25. The number of methoxy groups -OCH3 is 1. The summed E-state index contributed by atoms with van der Waals surface area (Å²) in [5.41, 5.74) is 0.814. The average molecular weight is 350 g/mol. The number of esters is 1. The van der Waals surface area contributed by atoms with E-state index in [0.29, 0.717) is 34.2 Å². The summed E-state index contributed by atoms with van der Waals surface area (Å²) < 4.78 is 16.5. The molecule has 3 rings (SSSR count). The van der Waals surface area contributed by atoms with Crippen molar-refractivity contribution in [2.45, 2.75) is 6.10 Å². The molecular formula is C17H16ClNO5. The number of aliphatic hydroxyl groups is 1. The molecule has 2 aromatic carbocycles. The molecule has 126 valence electrons. The number of rotatable bonds is 5. The van der Waals surface area contributed by atoms with E-state index in [0.717, 1.165) is 0 Å². The van der Waals surface area contributed by atoms with Crippen LogP contribution in [0.2, 0.25) is 0 Å². The number of halogens is 1. The van der Waals surface area contributed by atoms with Gasteiger partial charge in [-0.1, -0.05) is 12.1 Å². The average Bonchev–Trinajstić information content (AvgIpc) is 2.63. The van der Waals surface area contributed by atoms with Crippen molar-refractivity contribution >= 4 is 23.3 Å². The number of aliphatic hydroxyl groups excluding tert-OH is 1. The van der Waals surface area contributed by atoms with E-state index in [1.807, 2.05) is 12.1 Å². The van der Waals surface area contributed by atoms with E-state index in [4.69, 9.17) is 25.8 Å². The van der Waals surface area contributed by atoms with Crippen molar-refractivity contribution in [1.29, 1.82) is 0 Å². The summed E-state index contributed by atoms with van der Waals surface area (Å²) in [7, 11) is 1.30. The first kappa shape index (κ1) is 16.4. The van der Waals surface area contributed by atoms with Gasteiger partial charge in [0.25, 0.3) is 0 Å². The Labute approximate surface area is 143 Å². The second-order valence-corrected chi connectivity index (χ2v) is 5.49. The van der Waals surface area contributed by atoms with E-state index < -0.39 is 12.1 Å². The Morgan fingerprint density at radius 1 is 1.25 bits per heavy atom. The van der Waals surface area contributed by atoms with Crippen LogP contribution in [-0.4, -0.2) is 36.7 Å². The van der Waals surface area contributed by atoms with Gasteiger partial charge in [-0.3, -0.25) is 0 Å². The number of para-hydroxylation sites is 2. The Kier molecular flexibility index (Phi) is 4.78. The fraction of sp³-hybridized carbons (Fsp3) is 0.235. The van der Waals surface area contributed by atoms with Crippen molar-refractivity contribution < 1.29 is 24.1 Å². The standard InChI is InChI=1S/C17H16ClNO5/c1-22-17(21)10-6-12(19-9-11(20)8-18)16-15(7-10)23-13-4-2-3-5-14(13)24-16/h2-7,11,19-20H,8-9H2,1H3. The maximum Gasteiger partial charge on any atom is 0.338 e. The van der Waals surface area contributed by atoms with Crippen molar-refractivity contribution in [2.75, 3.05) is 24.9 Å². The van der Waals surface area contributed by atoms with Crippen LogP contribution in [0.3, 0.4) is 0 Å². The number of fused-ring (bicyclic) bond motifs is 2. The Morgan fingerprint density at radius 3 is 2.62 bits per heavy atom. The number of nitrogens with one attached hydrogen (secondary N) is 1. The number of alkyl halides is 1. The molecule has 1 aliphatic rings.